The van der Waals surface area contributed by atoms with Crippen molar-refractivity contribution >= 4 is 17.5 Å². The van der Waals surface area contributed by atoms with Crippen LogP contribution in [0.15, 0.2) is 54.6 Å². The van der Waals surface area contributed by atoms with Crippen molar-refractivity contribution in [2.45, 2.75) is 12.8 Å². The van der Waals surface area contributed by atoms with Gasteiger partial charge >= 0.3 is 5.97 Å². The Morgan fingerprint density at radius 3 is 2.23 bits per heavy atom. The first kappa shape index (κ1) is 19.3. The lowest BCUT2D eigenvalue weighted by Gasteiger charge is -2.06. The predicted molar refractivity (Wildman–Crippen MR) is 94.0 cm³/mol. The average Bonchev–Trinajstić information content (AvgIpc) is 2.66. The molecule has 2 rings (SSSR count). The van der Waals surface area contributed by atoms with E-state index in [1.165, 1.54) is 12.1 Å². The van der Waals surface area contributed by atoms with Gasteiger partial charge in [0.2, 0.25) is 11.6 Å². The van der Waals surface area contributed by atoms with Crippen molar-refractivity contribution in [1.29, 1.82) is 0 Å². The quantitative estimate of drug-likeness (QED) is 0.304. The van der Waals surface area contributed by atoms with Crippen LogP contribution in [0.2, 0.25) is 0 Å². The van der Waals surface area contributed by atoms with E-state index in [-0.39, 0.29) is 38.4 Å². The molecule has 6 heteroatoms. The maximum atomic E-state index is 11.9. The Hall–Kier alpha value is -2.99. The van der Waals surface area contributed by atoms with Crippen LogP contribution in [0.25, 0.3) is 0 Å². The van der Waals surface area contributed by atoms with Crippen LogP contribution >= 0.6 is 0 Å². The topological polar surface area (TPSA) is 89.9 Å². The van der Waals surface area contributed by atoms with Crippen molar-refractivity contribution in [2.24, 2.45) is 0 Å². The van der Waals surface area contributed by atoms with E-state index in [0.29, 0.717) is 5.56 Å². The number of hydrogen-bond donors (Lipinski definition) is 1. The number of Topliss-reactive ketones (excluding diaryl/α,β-unsaturated/α-hetero) is 2. The van der Waals surface area contributed by atoms with Crippen molar-refractivity contribution in [3.8, 4) is 5.75 Å². The lowest BCUT2D eigenvalue weighted by atomic mass is 10.1. The summed E-state index contributed by atoms with van der Waals surface area (Å²) in [7, 11) is 0. The van der Waals surface area contributed by atoms with Crippen molar-refractivity contribution in [2.75, 3.05) is 19.8 Å². The number of phenols is 1. The van der Waals surface area contributed by atoms with Gasteiger partial charge in [-0.05, 0) is 17.7 Å². The van der Waals surface area contributed by atoms with Gasteiger partial charge in [0, 0.05) is 12.0 Å². The number of ketones is 2. The molecule has 0 fully saturated rings. The largest absolute Gasteiger partial charge is 0.508 e. The second kappa shape index (κ2) is 10.1. The number of benzene rings is 2. The Morgan fingerprint density at radius 2 is 1.54 bits per heavy atom. The summed E-state index contributed by atoms with van der Waals surface area (Å²) < 4.78 is 10.2. The van der Waals surface area contributed by atoms with Crippen LogP contribution in [0.5, 0.6) is 5.75 Å². The van der Waals surface area contributed by atoms with Crippen molar-refractivity contribution < 1.29 is 29.0 Å². The van der Waals surface area contributed by atoms with Crippen LogP contribution in [0, 0.1) is 0 Å². The van der Waals surface area contributed by atoms with Gasteiger partial charge in [0.15, 0.2) is 0 Å². The maximum absolute atomic E-state index is 11.9. The van der Waals surface area contributed by atoms with Gasteiger partial charge < -0.3 is 14.6 Å². The van der Waals surface area contributed by atoms with E-state index in [1.54, 1.807) is 42.5 Å². The third kappa shape index (κ3) is 6.49. The third-order valence-corrected chi connectivity index (χ3v) is 3.54. The van der Waals surface area contributed by atoms with Crippen LogP contribution in [0.4, 0.5) is 0 Å². The van der Waals surface area contributed by atoms with Gasteiger partial charge in [0.1, 0.15) is 12.4 Å². The molecule has 0 aliphatic carbocycles. The molecule has 0 spiro atoms. The molecule has 0 radical (unpaired) electrons. The zero-order valence-electron chi connectivity index (χ0n) is 14.2. The fraction of sp³-hybridized carbons (Fsp3) is 0.250. The molecule has 0 aliphatic heterocycles. The Kier molecular flexibility index (Phi) is 7.51. The summed E-state index contributed by atoms with van der Waals surface area (Å²) in [6.07, 6.45) is 0.0829. The molecule has 0 unspecified atom stereocenters. The molecule has 0 amide bonds. The molecule has 0 aromatic heterocycles. The highest BCUT2D eigenvalue weighted by Crippen LogP contribution is 2.10. The van der Waals surface area contributed by atoms with E-state index in [1.807, 2.05) is 0 Å². The molecule has 2 aromatic carbocycles. The number of ether oxygens (including phenoxy) is 2. The molecular weight excluding hydrogens is 336 g/mol. The zero-order chi connectivity index (χ0) is 18.8. The Labute approximate surface area is 151 Å². The highest BCUT2D eigenvalue weighted by Gasteiger charge is 2.15. The number of esters is 1. The number of aromatic hydroxyl groups is 1. The molecule has 0 saturated heterocycles. The van der Waals surface area contributed by atoms with Gasteiger partial charge in [-0.25, -0.2) is 0 Å². The highest BCUT2D eigenvalue weighted by molar-refractivity contribution is 6.43. The smallest absolute Gasteiger partial charge is 0.310 e. The Morgan fingerprint density at radius 1 is 0.846 bits per heavy atom. The van der Waals surface area contributed by atoms with E-state index < -0.39 is 17.5 Å². The molecule has 2 aromatic rings. The van der Waals surface area contributed by atoms with Crippen molar-refractivity contribution in [3.05, 3.63) is 65.7 Å². The first-order valence-corrected chi connectivity index (χ1v) is 8.20. The standard InChI is InChI=1S/C20H20O6/c21-17-8-6-15(7-9-17)14-19(23)26-13-12-25-11-10-18(22)20(24)16-4-2-1-3-5-16/h1-9,21H,10-14H2. The molecule has 0 aliphatic rings. The van der Waals surface area contributed by atoms with E-state index >= 15 is 0 Å². The van der Waals surface area contributed by atoms with Crippen LogP contribution in [-0.2, 0) is 25.5 Å². The number of carbonyl (C=O) groups excluding carboxylic acids is 3. The summed E-state index contributed by atoms with van der Waals surface area (Å²) >= 11 is 0. The summed E-state index contributed by atoms with van der Waals surface area (Å²) in [6.45, 7) is 0.304. The average molecular weight is 356 g/mol. The molecule has 6 nitrogen and oxygen atoms in total. The normalized spacial score (nSPS) is 10.3. The molecule has 0 bridgehead atoms. The zero-order valence-corrected chi connectivity index (χ0v) is 14.2. The van der Waals surface area contributed by atoms with Crippen molar-refractivity contribution in [1.82, 2.24) is 0 Å². The fourth-order valence-corrected chi connectivity index (χ4v) is 2.18. The molecule has 136 valence electrons. The maximum Gasteiger partial charge on any atom is 0.310 e. The summed E-state index contributed by atoms with van der Waals surface area (Å²) in [5, 5.41) is 9.17. The number of rotatable bonds is 10. The number of phenolic OH excluding ortho intramolecular Hbond substituents is 1. The predicted octanol–water partition coefficient (Wildman–Crippen LogP) is 2.34. The van der Waals surface area contributed by atoms with Crippen LogP contribution < -0.4 is 0 Å². The van der Waals surface area contributed by atoms with Gasteiger partial charge in [-0.3, -0.25) is 14.4 Å². The Bertz CT molecular complexity index is 737. The summed E-state index contributed by atoms with van der Waals surface area (Å²) in [5.74, 6) is -1.32. The molecule has 26 heavy (non-hydrogen) atoms. The molecular formula is C20H20O6. The minimum absolute atomic E-state index is 0.0187. The van der Waals surface area contributed by atoms with Crippen molar-refractivity contribution in [3.63, 3.8) is 0 Å². The van der Waals surface area contributed by atoms with E-state index in [2.05, 4.69) is 0 Å². The van der Waals surface area contributed by atoms with Crippen LogP contribution in [0.1, 0.15) is 22.3 Å². The lowest BCUT2D eigenvalue weighted by Crippen LogP contribution is -2.17. The highest BCUT2D eigenvalue weighted by atomic mass is 16.6. The first-order valence-electron chi connectivity index (χ1n) is 8.20. The number of carbonyl (C=O) groups is 3. The Balaban J connectivity index is 1.57. The fourth-order valence-electron chi connectivity index (χ4n) is 2.18. The van der Waals surface area contributed by atoms with Gasteiger partial charge in [0.05, 0.1) is 19.6 Å². The molecule has 0 heterocycles. The van der Waals surface area contributed by atoms with Gasteiger partial charge in [0.25, 0.3) is 0 Å². The van der Waals surface area contributed by atoms with Gasteiger partial charge in [-0.2, -0.15) is 0 Å². The monoisotopic (exact) mass is 356 g/mol. The van der Waals surface area contributed by atoms with E-state index in [0.717, 1.165) is 5.56 Å². The van der Waals surface area contributed by atoms with Crippen LogP contribution in [-0.4, -0.2) is 42.5 Å². The summed E-state index contributed by atoms with van der Waals surface area (Å²) in [5.41, 5.74) is 1.10. The second-order valence-electron chi connectivity index (χ2n) is 5.54. The summed E-state index contributed by atoms with van der Waals surface area (Å²) in [4.78, 5) is 35.3. The SMILES string of the molecule is O=C(Cc1ccc(O)cc1)OCCOCCC(=O)C(=O)c1ccccc1. The molecule has 0 saturated carbocycles. The van der Waals surface area contributed by atoms with E-state index in [4.69, 9.17) is 9.47 Å². The minimum Gasteiger partial charge on any atom is -0.508 e. The summed E-state index contributed by atoms with van der Waals surface area (Å²) in [6, 6.07) is 14.6. The van der Waals surface area contributed by atoms with E-state index in [9.17, 15) is 19.5 Å². The molecule has 1 N–H and O–H groups in total. The van der Waals surface area contributed by atoms with Gasteiger partial charge in [-0.15, -0.1) is 0 Å². The second-order valence-corrected chi connectivity index (χ2v) is 5.54. The minimum atomic E-state index is -0.533. The third-order valence-electron chi connectivity index (χ3n) is 3.54. The lowest BCUT2D eigenvalue weighted by molar-refractivity contribution is -0.144. The molecule has 0 atom stereocenters. The number of hydrogen-bond acceptors (Lipinski definition) is 6. The van der Waals surface area contributed by atoms with Gasteiger partial charge in [-0.1, -0.05) is 42.5 Å². The first-order chi connectivity index (χ1) is 12.6. The van der Waals surface area contributed by atoms with Crippen LogP contribution in [0.3, 0.4) is 0 Å².